The quantitative estimate of drug-likeness (QED) is 0.912. The molecule has 0 aromatic heterocycles. The van der Waals surface area contributed by atoms with Gasteiger partial charge < -0.3 is 10.5 Å². The van der Waals surface area contributed by atoms with Crippen LogP contribution < -0.4 is 10.5 Å². The van der Waals surface area contributed by atoms with Crippen molar-refractivity contribution in [3.63, 3.8) is 0 Å². The molecule has 0 fully saturated rings. The Labute approximate surface area is 115 Å². The van der Waals surface area contributed by atoms with E-state index < -0.39 is 11.9 Å². The topological polar surface area (TPSA) is 35.2 Å². The summed E-state index contributed by atoms with van der Waals surface area (Å²) in [5, 5.41) is 0.102. The van der Waals surface area contributed by atoms with Crippen molar-refractivity contribution in [2.45, 2.75) is 12.5 Å². The molecule has 0 saturated carbocycles. The summed E-state index contributed by atoms with van der Waals surface area (Å²) in [5.74, 6) is 0.383. The molecule has 0 radical (unpaired) electrons. The molecule has 0 aliphatic carbocycles. The minimum absolute atomic E-state index is 0.102. The molecule has 1 unspecified atom stereocenters. The highest BCUT2D eigenvalue weighted by molar-refractivity contribution is 6.30. The Morgan fingerprint density at radius 3 is 2.89 bits per heavy atom. The highest BCUT2D eigenvalue weighted by Crippen LogP contribution is 2.35. The van der Waals surface area contributed by atoms with Crippen LogP contribution in [0, 0.1) is 5.82 Å². The van der Waals surface area contributed by atoms with Gasteiger partial charge >= 0.3 is 0 Å². The Morgan fingerprint density at radius 1 is 1.26 bits per heavy atom. The van der Waals surface area contributed by atoms with Gasteiger partial charge in [0.15, 0.2) is 0 Å². The molecule has 2 aromatic rings. The lowest BCUT2D eigenvalue weighted by Crippen LogP contribution is -2.13. The summed E-state index contributed by atoms with van der Waals surface area (Å²) in [6, 6.07) is 10.1. The number of rotatable bonds is 2. The lowest BCUT2D eigenvalue weighted by molar-refractivity contribution is 0.352. The molecule has 2 aromatic carbocycles. The van der Waals surface area contributed by atoms with Crippen molar-refractivity contribution >= 4 is 11.6 Å². The van der Waals surface area contributed by atoms with Crippen molar-refractivity contribution in [2.75, 3.05) is 6.61 Å². The molecule has 2 N–H and O–H groups in total. The van der Waals surface area contributed by atoms with Crippen molar-refractivity contribution in [3.8, 4) is 5.75 Å². The van der Waals surface area contributed by atoms with E-state index in [0.717, 1.165) is 23.3 Å². The first-order valence-electron chi connectivity index (χ1n) is 6.12. The second-order valence-corrected chi connectivity index (χ2v) is 4.99. The highest BCUT2D eigenvalue weighted by Gasteiger charge is 2.21. The zero-order valence-corrected chi connectivity index (χ0v) is 11.0. The molecule has 2 nitrogen and oxygen atoms in total. The molecule has 1 aliphatic rings. The van der Waals surface area contributed by atoms with Gasteiger partial charge in [-0.1, -0.05) is 35.9 Å². The van der Waals surface area contributed by atoms with Gasteiger partial charge in [-0.15, -0.1) is 0 Å². The van der Waals surface area contributed by atoms with Gasteiger partial charge in [0.05, 0.1) is 17.7 Å². The molecule has 98 valence electrons. The van der Waals surface area contributed by atoms with Gasteiger partial charge in [0, 0.05) is 12.0 Å². The lowest BCUT2D eigenvalue weighted by Gasteiger charge is -2.16. The number of ether oxygens (including phenoxy) is 1. The summed E-state index contributed by atoms with van der Waals surface area (Å²) < 4.78 is 19.1. The van der Waals surface area contributed by atoms with Crippen LogP contribution in [0.25, 0.3) is 0 Å². The molecule has 1 atom stereocenters. The number of hydrogen-bond donors (Lipinski definition) is 1. The summed E-state index contributed by atoms with van der Waals surface area (Å²) in [6.45, 7) is 0.675. The van der Waals surface area contributed by atoms with Gasteiger partial charge in [-0.3, -0.25) is 0 Å². The van der Waals surface area contributed by atoms with Crippen LogP contribution in [0.3, 0.4) is 0 Å². The summed E-state index contributed by atoms with van der Waals surface area (Å²) in [7, 11) is 0. The average molecular weight is 278 g/mol. The van der Waals surface area contributed by atoms with E-state index in [1.807, 2.05) is 18.2 Å². The van der Waals surface area contributed by atoms with E-state index in [9.17, 15) is 4.39 Å². The largest absolute Gasteiger partial charge is 0.493 e. The van der Waals surface area contributed by atoms with Gasteiger partial charge in [0.1, 0.15) is 11.6 Å². The Balaban J connectivity index is 2.02. The summed E-state index contributed by atoms with van der Waals surface area (Å²) >= 11 is 5.68. The van der Waals surface area contributed by atoms with E-state index in [0.29, 0.717) is 12.2 Å². The number of para-hydroxylation sites is 1. The molecular weight excluding hydrogens is 265 g/mol. The normalized spacial score (nSPS) is 14.9. The van der Waals surface area contributed by atoms with Gasteiger partial charge in [-0.05, 0) is 23.3 Å². The third kappa shape index (κ3) is 2.20. The van der Waals surface area contributed by atoms with Crippen LogP contribution in [0.15, 0.2) is 36.4 Å². The number of benzene rings is 2. The van der Waals surface area contributed by atoms with E-state index in [-0.39, 0.29) is 5.02 Å². The molecule has 19 heavy (non-hydrogen) atoms. The molecule has 4 heteroatoms. The molecule has 0 bridgehead atoms. The Bertz CT molecular complexity index is 630. The maximum Gasteiger partial charge on any atom is 0.142 e. The Hall–Kier alpha value is -1.58. The summed E-state index contributed by atoms with van der Waals surface area (Å²) in [6.07, 6.45) is 0.894. The average Bonchev–Trinajstić information content (AvgIpc) is 2.89. The van der Waals surface area contributed by atoms with E-state index in [4.69, 9.17) is 22.1 Å². The minimum Gasteiger partial charge on any atom is -0.493 e. The van der Waals surface area contributed by atoms with Crippen LogP contribution >= 0.6 is 11.6 Å². The maximum absolute atomic E-state index is 13.5. The third-order valence-electron chi connectivity index (χ3n) is 3.38. The van der Waals surface area contributed by atoms with Crippen molar-refractivity contribution < 1.29 is 9.13 Å². The van der Waals surface area contributed by atoms with Crippen molar-refractivity contribution in [1.29, 1.82) is 0 Å². The number of nitrogens with two attached hydrogens (primary N) is 1. The standard InChI is InChI=1S/C15H13ClFNO/c16-12-5-4-10(8-13(12)17)14(18)11-3-1-2-9-6-7-19-15(9)11/h1-5,8,14H,6-7,18H2. The Morgan fingerprint density at radius 2 is 2.11 bits per heavy atom. The van der Waals surface area contributed by atoms with Gasteiger partial charge in [0.25, 0.3) is 0 Å². The van der Waals surface area contributed by atoms with Crippen molar-refractivity contribution in [2.24, 2.45) is 5.73 Å². The summed E-state index contributed by atoms with van der Waals surface area (Å²) in [5.41, 5.74) is 8.95. The van der Waals surface area contributed by atoms with E-state index >= 15 is 0 Å². The maximum atomic E-state index is 13.5. The zero-order valence-electron chi connectivity index (χ0n) is 10.2. The number of fused-ring (bicyclic) bond motifs is 1. The lowest BCUT2D eigenvalue weighted by atomic mass is 9.96. The van der Waals surface area contributed by atoms with Crippen LogP contribution in [-0.2, 0) is 6.42 Å². The molecule has 1 heterocycles. The van der Waals surface area contributed by atoms with E-state index in [2.05, 4.69) is 0 Å². The van der Waals surface area contributed by atoms with Crippen molar-refractivity contribution in [1.82, 2.24) is 0 Å². The SMILES string of the molecule is NC(c1ccc(Cl)c(F)c1)c1cccc2c1OCC2. The summed E-state index contributed by atoms with van der Waals surface area (Å²) in [4.78, 5) is 0. The van der Waals surface area contributed by atoms with E-state index in [1.54, 1.807) is 6.07 Å². The van der Waals surface area contributed by atoms with Crippen molar-refractivity contribution in [3.05, 3.63) is 63.9 Å². The fourth-order valence-electron chi connectivity index (χ4n) is 2.37. The first-order chi connectivity index (χ1) is 9.16. The molecule has 0 spiro atoms. The first kappa shape index (κ1) is 12.5. The molecular formula is C15H13ClFNO. The zero-order chi connectivity index (χ0) is 13.4. The van der Waals surface area contributed by atoms with Crippen LogP contribution in [0.2, 0.25) is 5.02 Å². The first-order valence-corrected chi connectivity index (χ1v) is 6.50. The van der Waals surface area contributed by atoms with Gasteiger partial charge in [-0.25, -0.2) is 4.39 Å². The van der Waals surface area contributed by atoms with Gasteiger partial charge in [-0.2, -0.15) is 0 Å². The fourth-order valence-corrected chi connectivity index (χ4v) is 2.49. The predicted octanol–water partition coefficient (Wildman–Crippen LogP) is 3.46. The fraction of sp³-hybridized carbons (Fsp3) is 0.200. The highest BCUT2D eigenvalue weighted by atomic mass is 35.5. The second kappa shape index (κ2) is 4.83. The number of hydrogen-bond acceptors (Lipinski definition) is 2. The van der Waals surface area contributed by atoms with Crippen LogP contribution in [0.1, 0.15) is 22.7 Å². The molecule has 0 amide bonds. The molecule has 3 rings (SSSR count). The molecule has 1 aliphatic heterocycles. The van der Waals surface area contributed by atoms with E-state index in [1.165, 1.54) is 12.1 Å². The smallest absolute Gasteiger partial charge is 0.142 e. The predicted molar refractivity (Wildman–Crippen MR) is 73.1 cm³/mol. The third-order valence-corrected chi connectivity index (χ3v) is 3.69. The Kier molecular flexibility index (Phi) is 3.17. The van der Waals surface area contributed by atoms with Gasteiger partial charge in [0.2, 0.25) is 0 Å². The number of halogens is 2. The second-order valence-electron chi connectivity index (χ2n) is 4.59. The van der Waals surface area contributed by atoms with Crippen LogP contribution in [0.4, 0.5) is 4.39 Å². The van der Waals surface area contributed by atoms with Crippen LogP contribution in [-0.4, -0.2) is 6.61 Å². The monoisotopic (exact) mass is 277 g/mol. The van der Waals surface area contributed by atoms with Crippen LogP contribution in [0.5, 0.6) is 5.75 Å². The minimum atomic E-state index is -0.455. The molecule has 0 saturated heterocycles.